The average molecular weight is 1250 g/mol. The second-order valence-electron chi connectivity index (χ2n) is 21.4. The summed E-state index contributed by atoms with van der Waals surface area (Å²) in [6.45, 7) is 0. The smallest absolute Gasteiger partial charge is 0.311 e. The molecule has 458 valence electrons. The van der Waals surface area contributed by atoms with E-state index in [9.17, 15) is 52.7 Å². The molecular formula is C76H50F12N4. The van der Waals surface area contributed by atoms with Crippen molar-refractivity contribution in [1.29, 1.82) is 0 Å². The number of hydrogen-bond donors (Lipinski definition) is 0. The lowest BCUT2D eigenvalue weighted by atomic mass is 9.96. The van der Waals surface area contributed by atoms with E-state index in [4.69, 9.17) is 0 Å². The molecule has 0 radical (unpaired) electrons. The van der Waals surface area contributed by atoms with Gasteiger partial charge in [0.25, 0.3) is 0 Å². The van der Waals surface area contributed by atoms with E-state index in [1.807, 2.05) is 204 Å². The van der Waals surface area contributed by atoms with Crippen LogP contribution in [0.15, 0.2) is 303 Å². The molecule has 0 fully saturated rings. The molecule has 0 saturated carbocycles. The molecule has 92 heavy (non-hydrogen) atoms. The van der Waals surface area contributed by atoms with Crippen molar-refractivity contribution in [2.45, 2.75) is 24.7 Å². The van der Waals surface area contributed by atoms with E-state index in [1.54, 1.807) is 17.0 Å². The highest BCUT2D eigenvalue weighted by Crippen LogP contribution is 2.50. The minimum Gasteiger partial charge on any atom is -0.311 e. The normalized spacial score (nSPS) is 11.9. The summed E-state index contributed by atoms with van der Waals surface area (Å²) in [7, 11) is 0. The van der Waals surface area contributed by atoms with Gasteiger partial charge in [0.2, 0.25) is 0 Å². The number of benzene rings is 12. The van der Waals surface area contributed by atoms with E-state index in [-0.39, 0.29) is 11.4 Å². The Bertz CT molecular complexity index is 4220. The first-order valence-electron chi connectivity index (χ1n) is 28.8. The highest BCUT2D eigenvalue weighted by molar-refractivity contribution is 5.98. The van der Waals surface area contributed by atoms with Crippen molar-refractivity contribution in [3.8, 4) is 33.4 Å². The van der Waals surface area contributed by atoms with E-state index in [0.717, 1.165) is 76.3 Å². The maximum Gasteiger partial charge on any atom is 0.416 e. The van der Waals surface area contributed by atoms with E-state index in [0.29, 0.717) is 62.4 Å². The van der Waals surface area contributed by atoms with Crippen LogP contribution in [0.4, 0.5) is 121 Å². The molecule has 0 atom stereocenters. The molecule has 0 aliphatic rings. The fourth-order valence-corrected chi connectivity index (χ4v) is 11.2. The minimum absolute atomic E-state index is 0.256. The summed E-state index contributed by atoms with van der Waals surface area (Å²) < 4.78 is 166. The van der Waals surface area contributed by atoms with Gasteiger partial charge >= 0.3 is 24.7 Å². The molecule has 0 aromatic heterocycles. The van der Waals surface area contributed by atoms with Gasteiger partial charge in [-0.2, -0.15) is 52.7 Å². The van der Waals surface area contributed by atoms with Crippen LogP contribution in [0.3, 0.4) is 0 Å². The molecule has 12 aromatic carbocycles. The lowest BCUT2D eigenvalue weighted by Crippen LogP contribution is -2.14. The molecule has 0 amide bonds. The standard InChI is InChI=1S/C76H50F12N4/c77-73(78,79)54-29-43-63(44-30-54)89(58-13-3-1-4-14-58)60-37-23-51(24-38-60)67-17-7-10-20-70(67)92(71-21-11-8-18-68(71)52-25-39-61(40-26-52)90(59-15-5-2-6-16-59)64-45-31-55(32-46-64)74(80,81)82)72-22-12-9-19-69(72)53-27-41-62(42-28-53)91(65-47-33-56(34-48-65)75(83,84)85)66-49-35-57(36-50-66)76(86,87)88/h1-50H. The molecule has 12 aromatic rings. The Hall–Kier alpha value is -11.0. The highest BCUT2D eigenvalue weighted by Gasteiger charge is 2.34. The van der Waals surface area contributed by atoms with Crippen LogP contribution in [0.2, 0.25) is 0 Å². The van der Waals surface area contributed by atoms with Crippen molar-refractivity contribution in [3.05, 3.63) is 326 Å². The maximum absolute atomic E-state index is 13.8. The van der Waals surface area contributed by atoms with Crippen molar-refractivity contribution >= 4 is 68.2 Å². The highest BCUT2D eigenvalue weighted by atomic mass is 19.4. The summed E-state index contributed by atoms with van der Waals surface area (Å²) in [6.07, 6.45) is -18.4. The molecule has 0 N–H and O–H groups in total. The molecule has 0 saturated heterocycles. The first-order chi connectivity index (χ1) is 44.2. The second kappa shape index (κ2) is 25.1. The zero-order chi connectivity index (χ0) is 64.4. The Kier molecular flexibility index (Phi) is 16.7. The number of nitrogens with zero attached hydrogens (tertiary/aromatic N) is 4. The maximum atomic E-state index is 13.8. The molecule has 12 rings (SSSR count). The van der Waals surface area contributed by atoms with Crippen LogP contribution in [0, 0.1) is 0 Å². The van der Waals surface area contributed by atoms with Gasteiger partial charge in [-0.25, -0.2) is 0 Å². The van der Waals surface area contributed by atoms with Crippen molar-refractivity contribution < 1.29 is 52.7 Å². The minimum atomic E-state index is -4.65. The van der Waals surface area contributed by atoms with E-state index < -0.39 is 47.0 Å². The first kappa shape index (κ1) is 61.2. The van der Waals surface area contributed by atoms with Gasteiger partial charge in [0.1, 0.15) is 0 Å². The van der Waals surface area contributed by atoms with Gasteiger partial charge in [-0.05, 0) is 193 Å². The summed E-state index contributed by atoms with van der Waals surface area (Å²) in [5.41, 5.74) is 7.91. The number of alkyl halides is 12. The fraction of sp³-hybridized carbons (Fsp3) is 0.0526. The Balaban J connectivity index is 0.988. The molecule has 0 aliphatic carbocycles. The first-order valence-corrected chi connectivity index (χ1v) is 28.8. The molecule has 16 heteroatoms. The second-order valence-corrected chi connectivity index (χ2v) is 21.4. The van der Waals surface area contributed by atoms with E-state index >= 15 is 0 Å². The summed E-state index contributed by atoms with van der Waals surface area (Å²) >= 11 is 0. The average Bonchev–Trinajstić information content (AvgIpc) is 0.807. The van der Waals surface area contributed by atoms with Crippen molar-refractivity contribution in [2.24, 2.45) is 0 Å². The SMILES string of the molecule is FC(F)(F)c1ccc(N(c2ccccc2)c2ccc(-c3ccccc3N(c3ccccc3-c3ccc(N(c4ccccc4)c4ccc(C(F)(F)F)cc4)cc3)c3ccccc3-c3ccc(N(c4ccc(C(F)(F)F)cc4)c4ccc(C(F)(F)F)cc4)cc3)cc2)cc1. The number of halogens is 12. The molecule has 0 bridgehead atoms. The molecule has 0 spiro atoms. The van der Waals surface area contributed by atoms with E-state index in [2.05, 4.69) is 4.90 Å². The molecule has 4 nitrogen and oxygen atoms in total. The third kappa shape index (κ3) is 13.0. The van der Waals surface area contributed by atoms with Gasteiger partial charge in [0.05, 0.1) is 39.3 Å². The Morgan fingerprint density at radius 3 is 0.543 bits per heavy atom. The largest absolute Gasteiger partial charge is 0.416 e. The predicted molar refractivity (Wildman–Crippen MR) is 341 cm³/mol. The van der Waals surface area contributed by atoms with Crippen LogP contribution >= 0.6 is 0 Å². The summed E-state index contributed by atoms with van der Waals surface area (Å²) in [5.74, 6) is 0. The van der Waals surface area contributed by atoms with Crippen LogP contribution < -0.4 is 19.6 Å². The summed E-state index contributed by atoms with van der Waals surface area (Å²) in [5, 5.41) is 0. The van der Waals surface area contributed by atoms with Gasteiger partial charge in [-0.3, -0.25) is 0 Å². The zero-order valence-corrected chi connectivity index (χ0v) is 48.2. The van der Waals surface area contributed by atoms with E-state index in [1.165, 1.54) is 48.5 Å². The zero-order valence-electron chi connectivity index (χ0n) is 48.2. The van der Waals surface area contributed by atoms with Gasteiger partial charge in [0.15, 0.2) is 0 Å². The van der Waals surface area contributed by atoms with Crippen LogP contribution in [0.5, 0.6) is 0 Å². The number of para-hydroxylation sites is 5. The predicted octanol–water partition coefficient (Wildman–Crippen LogP) is 24.6. The van der Waals surface area contributed by atoms with Gasteiger partial charge in [-0.1, -0.05) is 127 Å². The molecule has 0 aliphatic heterocycles. The van der Waals surface area contributed by atoms with Crippen LogP contribution in [-0.2, 0) is 24.7 Å². The van der Waals surface area contributed by atoms with Crippen molar-refractivity contribution in [1.82, 2.24) is 0 Å². The lowest BCUT2D eigenvalue weighted by molar-refractivity contribution is -0.138. The number of rotatable bonds is 15. The monoisotopic (exact) mass is 1250 g/mol. The topological polar surface area (TPSA) is 13.0 Å². The lowest BCUT2D eigenvalue weighted by Gasteiger charge is -2.32. The quantitative estimate of drug-likeness (QED) is 0.0949. The molecule has 0 unspecified atom stereocenters. The number of hydrogen-bond acceptors (Lipinski definition) is 4. The Morgan fingerprint density at radius 2 is 0.337 bits per heavy atom. The molecular weight excluding hydrogens is 1200 g/mol. The Labute approximate surface area is 522 Å². The van der Waals surface area contributed by atoms with Gasteiger partial charge in [0, 0.05) is 67.9 Å². The third-order valence-electron chi connectivity index (χ3n) is 15.6. The van der Waals surface area contributed by atoms with Crippen LogP contribution in [-0.4, -0.2) is 0 Å². The third-order valence-corrected chi connectivity index (χ3v) is 15.6. The Morgan fingerprint density at radius 1 is 0.163 bits per heavy atom. The van der Waals surface area contributed by atoms with Crippen molar-refractivity contribution in [2.75, 3.05) is 19.6 Å². The van der Waals surface area contributed by atoms with Crippen molar-refractivity contribution in [3.63, 3.8) is 0 Å². The van der Waals surface area contributed by atoms with Gasteiger partial charge in [-0.15, -0.1) is 0 Å². The molecule has 0 heterocycles. The fourth-order valence-electron chi connectivity index (χ4n) is 11.2. The van der Waals surface area contributed by atoms with Crippen LogP contribution in [0.1, 0.15) is 22.3 Å². The number of anilines is 12. The van der Waals surface area contributed by atoms with Crippen LogP contribution in [0.25, 0.3) is 33.4 Å². The summed E-state index contributed by atoms with van der Waals surface area (Å²) in [6, 6.07) is 82.8. The summed E-state index contributed by atoms with van der Waals surface area (Å²) in [4.78, 5) is 7.42. The van der Waals surface area contributed by atoms with Gasteiger partial charge < -0.3 is 19.6 Å².